The predicted octanol–water partition coefficient (Wildman–Crippen LogP) is 3.86. The third-order valence-electron chi connectivity index (χ3n) is 3.11. The van der Waals surface area contributed by atoms with Crippen molar-refractivity contribution < 1.29 is 14.6 Å². The summed E-state index contributed by atoms with van der Waals surface area (Å²) in [4.78, 5) is 10.9. The molecule has 102 valence electrons. The highest BCUT2D eigenvalue weighted by Gasteiger charge is 2.06. The summed E-state index contributed by atoms with van der Waals surface area (Å²) in [6.07, 6.45) is 3.52. The Bertz CT molecular complexity index is 696. The average molecular weight is 268 g/mol. The summed E-state index contributed by atoms with van der Waals surface area (Å²) in [7, 11) is 1.46. The number of allylic oxidation sites excluding steroid dienone is 1. The van der Waals surface area contributed by atoms with Crippen LogP contribution in [-0.4, -0.2) is 18.2 Å². The number of hydrogen-bond acceptors (Lipinski definition) is 2. The van der Waals surface area contributed by atoms with E-state index in [4.69, 9.17) is 9.84 Å². The van der Waals surface area contributed by atoms with E-state index in [-0.39, 0.29) is 5.57 Å². The SMILES string of the molecule is COC(C=Cc1ccc2ccccc2c1)=C(C)C(=O)O. The van der Waals surface area contributed by atoms with Crippen LogP contribution >= 0.6 is 0 Å². The minimum absolute atomic E-state index is 0.185. The van der Waals surface area contributed by atoms with E-state index >= 15 is 0 Å². The number of benzene rings is 2. The molecular weight excluding hydrogens is 252 g/mol. The van der Waals surface area contributed by atoms with Crippen LogP contribution in [0.4, 0.5) is 0 Å². The van der Waals surface area contributed by atoms with E-state index in [0.29, 0.717) is 5.76 Å². The summed E-state index contributed by atoms with van der Waals surface area (Å²) < 4.78 is 5.09. The van der Waals surface area contributed by atoms with Crippen LogP contribution in [0.1, 0.15) is 12.5 Å². The van der Waals surface area contributed by atoms with Gasteiger partial charge in [-0.05, 0) is 35.4 Å². The molecule has 0 atom stereocenters. The van der Waals surface area contributed by atoms with E-state index in [9.17, 15) is 4.79 Å². The number of hydrogen-bond donors (Lipinski definition) is 1. The summed E-state index contributed by atoms with van der Waals surface area (Å²) in [5.41, 5.74) is 1.18. The van der Waals surface area contributed by atoms with E-state index in [0.717, 1.165) is 10.9 Å². The van der Waals surface area contributed by atoms with Gasteiger partial charge >= 0.3 is 5.97 Å². The number of methoxy groups -OCH3 is 1. The predicted molar refractivity (Wildman–Crippen MR) is 80.3 cm³/mol. The van der Waals surface area contributed by atoms with Crippen molar-refractivity contribution in [3.63, 3.8) is 0 Å². The van der Waals surface area contributed by atoms with Gasteiger partial charge < -0.3 is 9.84 Å². The van der Waals surface area contributed by atoms with Gasteiger partial charge in [-0.15, -0.1) is 0 Å². The smallest absolute Gasteiger partial charge is 0.335 e. The lowest BCUT2D eigenvalue weighted by atomic mass is 10.1. The molecule has 2 rings (SSSR count). The van der Waals surface area contributed by atoms with Crippen LogP contribution in [-0.2, 0) is 9.53 Å². The summed E-state index contributed by atoms with van der Waals surface area (Å²) >= 11 is 0. The lowest BCUT2D eigenvalue weighted by Crippen LogP contribution is -2.01. The van der Waals surface area contributed by atoms with Crippen LogP contribution in [0.5, 0.6) is 0 Å². The minimum atomic E-state index is -0.981. The van der Waals surface area contributed by atoms with E-state index in [1.54, 1.807) is 6.08 Å². The zero-order chi connectivity index (χ0) is 14.5. The standard InChI is InChI=1S/C17H16O3/c1-12(17(18)19)16(20-2)10-8-13-7-9-14-5-3-4-6-15(14)11-13/h3-11H,1-2H3,(H,18,19). The van der Waals surface area contributed by atoms with Crippen molar-refractivity contribution in [2.24, 2.45) is 0 Å². The number of carboxylic acids is 1. The van der Waals surface area contributed by atoms with E-state index < -0.39 is 5.97 Å². The molecule has 0 aromatic heterocycles. The van der Waals surface area contributed by atoms with E-state index in [1.807, 2.05) is 36.4 Å². The number of aliphatic carboxylic acids is 1. The van der Waals surface area contributed by atoms with Crippen molar-refractivity contribution >= 4 is 22.8 Å². The quantitative estimate of drug-likeness (QED) is 0.520. The Morgan fingerprint density at radius 2 is 1.85 bits per heavy atom. The zero-order valence-electron chi connectivity index (χ0n) is 11.5. The average Bonchev–Trinajstić information content (AvgIpc) is 2.47. The highest BCUT2D eigenvalue weighted by molar-refractivity contribution is 5.87. The molecule has 0 radical (unpaired) electrons. The highest BCUT2D eigenvalue weighted by Crippen LogP contribution is 2.17. The molecule has 0 aliphatic carbocycles. The first-order chi connectivity index (χ1) is 9.61. The molecule has 0 saturated carbocycles. The normalized spacial score (nSPS) is 12.5. The maximum atomic E-state index is 10.9. The zero-order valence-corrected chi connectivity index (χ0v) is 11.5. The van der Waals surface area contributed by atoms with Gasteiger partial charge in [0.25, 0.3) is 0 Å². The lowest BCUT2D eigenvalue weighted by molar-refractivity contribution is -0.132. The summed E-state index contributed by atoms with van der Waals surface area (Å²) in [5, 5.41) is 11.3. The minimum Gasteiger partial charge on any atom is -0.496 e. The summed E-state index contributed by atoms with van der Waals surface area (Å²) in [6.45, 7) is 1.52. The second kappa shape index (κ2) is 6.06. The second-order valence-corrected chi connectivity index (χ2v) is 4.44. The van der Waals surface area contributed by atoms with Gasteiger partial charge in [-0.1, -0.05) is 42.5 Å². The van der Waals surface area contributed by atoms with Crippen LogP contribution in [0.15, 0.2) is 59.9 Å². The van der Waals surface area contributed by atoms with Crippen molar-refractivity contribution in [2.45, 2.75) is 6.92 Å². The first kappa shape index (κ1) is 13.9. The summed E-state index contributed by atoms with van der Waals surface area (Å²) in [6, 6.07) is 14.2. The first-order valence-corrected chi connectivity index (χ1v) is 6.27. The molecule has 20 heavy (non-hydrogen) atoms. The molecule has 0 bridgehead atoms. The second-order valence-electron chi connectivity index (χ2n) is 4.44. The fourth-order valence-corrected chi connectivity index (χ4v) is 1.93. The molecular formula is C17H16O3. The third kappa shape index (κ3) is 3.06. The van der Waals surface area contributed by atoms with Crippen molar-refractivity contribution in [1.82, 2.24) is 0 Å². The van der Waals surface area contributed by atoms with Crippen LogP contribution in [0.25, 0.3) is 16.8 Å². The Morgan fingerprint density at radius 1 is 1.15 bits per heavy atom. The molecule has 0 heterocycles. The molecule has 0 unspecified atom stereocenters. The van der Waals surface area contributed by atoms with Gasteiger partial charge in [0, 0.05) is 0 Å². The van der Waals surface area contributed by atoms with Crippen molar-refractivity contribution in [1.29, 1.82) is 0 Å². The van der Waals surface area contributed by atoms with Crippen molar-refractivity contribution in [2.75, 3.05) is 7.11 Å². The van der Waals surface area contributed by atoms with Gasteiger partial charge in [0.15, 0.2) is 0 Å². The molecule has 2 aromatic carbocycles. The third-order valence-corrected chi connectivity index (χ3v) is 3.11. The van der Waals surface area contributed by atoms with Gasteiger partial charge in [-0.25, -0.2) is 4.79 Å². The number of carbonyl (C=O) groups is 1. The Kier molecular flexibility index (Phi) is 4.20. The molecule has 0 fully saturated rings. The van der Waals surface area contributed by atoms with Crippen molar-refractivity contribution in [3.05, 3.63) is 65.4 Å². The Morgan fingerprint density at radius 3 is 2.50 bits per heavy atom. The van der Waals surface area contributed by atoms with Crippen LogP contribution < -0.4 is 0 Å². The highest BCUT2D eigenvalue weighted by atomic mass is 16.5. The Labute approximate surface area is 117 Å². The molecule has 1 N–H and O–H groups in total. The fraction of sp³-hybridized carbons (Fsp3) is 0.118. The van der Waals surface area contributed by atoms with E-state index in [1.165, 1.54) is 19.4 Å². The van der Waals surface area contributed by atoms with E-state index in [2.05, 4.69) is 12.1 Å². The summed E-state index contributed by atoms with van der Waals surface area (Å²) in [5.74, 6) is -0.629. The first-order valence-electron chi connectivity index (χ1n) is 6.27. The molecule has 0 amide bonds. The monoisotopic (exact) mass is 268 g/mol. The van der Waals surface area contributed by atoms with Crippen LogP contribution in [0.3, 0.4) is 0 Å². The molecule has 0 spiro atoms. The van der Waals surface area contributed by atoms with Gasteiger partial charge in [-0.3, -0.25) is 0 Å². The molecule has 3 heteroatoms. The number of rotatable bonds is 4. The lowest BCUT2D eigenvalue weighted by Gasteiger charge is -2.03. The molecule has 2 aromatic rings. The number of fused-ring (bicyclic) bond motifs is 1. The topological polar surface area (TPSA) is 46.5 Å². The maximum Gasteiger partial charge on any atom is 0.335 e. The Balaban J connectivity index is 2.33. The molecule has 0 aliphatic rings. The van der Waals surface area contributed by atoms with Crippen LogP contribution in [0, 0.1) is 0 Å². The molecule has 0 aliphatic heterocycles. The van der Waals surface area contributed by atoms with Gasteiger partial charge in [0.05, 0.1) is 12.7 Å². The molecule has 0 saturated heterocycles. The van der Waals surface area contributed by atoms with Crippen LogP contribution in [0.2, 0.25) is 0 Å². The molecule has 3 nitrogen and oxygen atoms in total. The van der Waals surface area contributed by atoms with Gasteiger partial charge in [0.1, 0.15) is 5.76 Å². The number of ether oxygens (including phenoxy) is 1. The largest absolute Gasteiger partial charge is 0.496 e. The number of carboxylic acid groups (broad SMARTS) is 1. The van der Waals surface area contributed by atoms with Gasteiger partial charge in [-0.2, -0.15) is 0 Å². The Hall–Kier alpha value is -2.55. The van der Waals surface area contributed by atoms with Crippen molar-refractivity contribution in [3.8, 4) is 0 Å². The maximum absolute atomic E-state index is 10.9. The fourth-order valence-electron chi connectivity index (χ4n) is 1.93. The van der Waals surface area contributed by atoms with Gasteiger partial charge in [0.2, 0.25) is 0 Å².